The summed E-state index contributed by atoms with van der Waals surface area (Å²) in [6, 6.07) is 0.0726. The van der Waals surface area contributed by atoms with Gasteiger partial charge in [-0.3, -0.25) is 4.79 Å². The predicted molar refractivity (Wildman–Crippen MR) is 59.8 cm³/mol. The number of carbonyl (C=O) groups is 1. The van der Waals surface area contributed by atoms with Crippen molar-refractivity contribution in [3.05, 3.63) is 0 Å². The molecule has 4 heteroatoms. The smallest absolute Gasteiger partial charge is 0.321 e. The number of carboxylic acids is 1. The van der Waals surface area contributed by atoms with Crippen molar-refractivity contribution in [3.8, 4) is 0 Å². The molecule has 0 aromatic heterocycles. The van der Waals surface area contributed by atoms with Crippen molar-refractivity contribution in [1.29, 1.82) is 0 Å². The summed E-state index contributed by atoms with van der Waals surface area (Å²) < 4.78 is 0.138. The second-order valence-corrected chi connectivity index (χ2v) is 6.60. The van der Waals surface area contributed by atoms with Gasteiger partial charge in [0.1, 0.15) is 6.04 Å². The van der Waals surface area contributed by atoms with Crippen LogP contribution in [0.5, 0.6) is 0 Å². The van der Waals surface area contributed by atoms with Crippen LogP contribution in [-0.4, -0.2) is 33.7 Å². The van der Waals surface area contributed by atoms with Crippen molar-refractivity contribution in [2.24, 2.45) is 0 Å². The molecular formula is C10H19NO2S. The summed E-state index contributed by atoms with van der Waals surface area (Å²) in [5.74, 6) is -0.0800. The van der Waals surface area contributed by atoms with Gasteiger partial charge in [-0.25, -0.2) is 0 Å². The average molecular weight is 217 g/mol. The summed E-state index contributed by atoms with van der Waals surface area (Å²) in [6.07, 6.45) is 2.26. The molecule has 1 rings (SSSR count). The Morgan fingerprint density at radius 1 is 1.57 bits per heavy atom. The number of aliphatic carboxylic acids is 1. The van der Waals surface area contributed by atoms with E-state index in [1.807, 2.05) is 0 Å². The molecule has 1 aliphatic rings. The van der Waals surface area contributed by atoms with Crippen LogP contribution in [0.1, 0.15) is 33.6 Å². The van der Waals surface area contributed by atoms with Crippen molar-refractivity contribution in [1.82, 2.24) is 5.32 Å². The number of thioether (sulfide) groups is 1. The first kappa shape index (κ1) is 11.9. The van der Waals surface area contributed by atoms with E-state index in [4.69, 9.17) is 5.11 Å². The van der Waals surface area contributed by atoms with Crippen LogP contribution in [0.25, 0.3) is 0 Å². The zero-order chi connectivity index (χ0) is 10.8. The van der Waals surface area contributed by atoms with Crippen molar-refractivity contribution in [2.75, 3.05) is 5.75 Å². The fraction of sp³-hybridized carbons (Fsp3) is 0.900. The Morgan fingerprint density at radius 2 is 2.14 bits per heavy atom. The van der Waals surface area contributed by atoms with Gasteiger partial charge in [-0.05, 0) is 12.8 Å². The number of hydrogen-bond donors (Lipinski definition) is 2. The normalized spacial score (nSPS) is 19.4. The van der Waals surface area contributed by atoms with Crippen LogP contribution < -0.4 is 5.32 Å². The van der Waals surface area contributed by atoms with E-state index < -0.39 is 5.97 Å². The molecule has 0 saturated heterocycles. The molecule has 1 aliphatic carbocycles. The molecular weight excluding hydrogens is 198 g/mol. The summed E-state index contributed by atoms with van der Waals surface area (Å²) in [4.78, 5) is 10.9. The van der Waals surface area contributed by atoms with Gasteiger partial charge in [0.15, 0.2) is 0 Å². The Labute approximate surface area is 89.6 Å². The van der Waals surface area contributed by atoms with E-state index in [1.54, 1.807) is 11.8 Å². The fourth-order valence-corrected chi connectivity index (χ4v) is 1.96. The van der Waals surface area contributed by atoms with Crippen LogP contribution in [0.4, 0.5) is 0 Å². The quantitative estimate of drug-likeness (QED) is 0.736. The lowest BCUT2D eigenvalue weighted by Gasteiger charge is -2.21. The summed E-state index contributed by atoms with van der Waals surface area (Å²) in [7, 11) is 0. The molecule has 0 radical (unpaired) electrons. The minimum absolute atomic E-state index is 0.138. The Balaban J connectivity index is 2.31. The molecule has 0 aromatic carbocycles. The Hall–Kier alpha value is -0.220. The minimum Gasteiger partial charge on any atom is -0.480 e. The highest BCUT2D eigenvalue weighted by atomic mass is 32.2. The highest BCUT2D eigenvalue weighted by Crippen LogP contribution is 2.25. The first-order chi connectivity index (χ1) is 6.38. The third-order valence-electron chi connectivity index (χ3n) is 2.00. The van der Waals surface area contributed by atoms with Gasteiger partial charge in [0, 0.05) is 16.5 Å². The number of hydrogen-bond acceptors (Lipinski definition) is 3. The third-order valence-corrected chi connectivity index (χ3v) is 3.36. The lowest BCUT2D eigenvalue weighted by Crippen LogP contribution is -2.40. The van der Waals surface area contributed by atoms with E-state index >= 15 is 0 Å². The molecule has 0 spiro atoms. The highest BCUT2D eigenvalue weighted by molar-refractivity contribution is 8.00. The predicted octanol–water partition coefficient (Wildman–Crippen LogP) is 1.72. The minimum atomic E-state index is -0.728. The maximum Gasteiger partial charge on any atom is 0.321 e. The molecule has 0 heterocycles. The Bertz CT molecular complexity index is 209. The maximum absolute atomic E-state index is 10.9. The van der Waals surface area contributed by atoms with Crippen LogP contribution in [0.3, 0.4) is 0 Å². The van der Waals surface area contributed by atoms with E-state index in [0.717, 1.165) is 12.8 Å². The van der Waals surface area contributed by atoms with Gasteiger partial charge in [0.2, 0.25) is 0 Å². The largest absolute Gasteiger partial charge is 0.480 e. The average Bonchev–Trinajstić information content (AvgIpc) is 2.78. The standard InChI is InChI=1S/C10H19NO2S/c1-10(2,3)14-6-8(9(12)13)11-7-4-5-7/h7-8,11H,4-6H2,1-3H3,(H,12,13). The second kappa shape index (κ2) is 4.53. The molecule has 2 N–H and O–H groups in total. The molecule has 0 aliphatic heterocycles. The van der Waals surface area contributed by atoms with Crippen LogP contribution in [0.15, 0.2) is 0 Å². The molecule has 0 bridgehead atoms. The molecule has 0 aromatic rings. The van der Waals surface area contributed by atoms with Gasteiger partial charge >= 0.3 is 5.97 Å². The Kier molecular flexibility index (Phi) is 3.84. The summed E-state index contributed by atoms with van der Waals surface area (Å²) in [5, 5.41) is 12.1. The molecule has 14 heavy (non-hydrogen) atoms. The number of rotatable bonds is 5. The summed E-state index contributed by atoms with van der Waals surface area (Å²) in [6.45, 7) is 6.31. The molecule has 1 atom stereocenters. The van der Waals surface area contributed by atoms with E-state index in [9.17, 15) is 4.79 Å². The van der Waals surface area contributed by atoms with E-state index in [-0.39, 0.29) is 10.8 Å². The van der Waals surface area contributed by atoms with Gasteiger partial charge in [0.05, 0.1) is 0 Å². The van der Waals surface area contributed by atoms with Crippen LogP contribution >= 0.6 is 11.8 Å². The second-order valence-electron chi connectivity index (χ2n) is 4.76. The zero-order valence-electron chi connectivity index (χ0n) is 9.04. The Morgan fingerprint density at radius 3 is 2.50 bits per heavy atom. The topological polar surface area (TPSA) is 49.3 Å². The first-order valence-corrected chi connectivity index (χ1v) is 6.00. The maximum atomic E-state index is 10.9. The fourth-order valence-electron chi connectivity index (χ4n) is 1.06. The lowest BCUT2D eigenvalue weighted by molar-refractivity contribution is -0.138. The molecule has 1 saturated carbocycles. The van der Waals surface area contributed by atoms with Crippen molar-refractivity contribution in [2.45, 2.75) is 50.4 Å². The van der Waals surface area contributed by atoms with Gasteiger partial charge in [-0.2, -0.15) is 11.8 Å². The molecule has 1 fully saturated rings. The lowest BCUT2D eigenvalue weighted by atomic mass is 10.3. The van der Waals surface area contributed by atoms with Crippen LogP contribution in [0, 0.1) is 0 Å². The molecule has 0 amide bonds. The SMILES string of the molecule is CC(C)(C)SCC(NC1CC1)C(=O)O. The van der Waals surface area contributed by atoms with E-state index in [2.05, 4.69) is 26.1 Å². The van der Waals surface area contributed by atoms with Gasteiger partial charge in [-0.1, -0.05) is 20.8 Å². The number of nitrogens with one attached hydrogen (secondary N) is 1. The summed E-state index contributed by atoms with van der Waals surface area (Å²) in [5.41, 5.74) is 0. The third kappa shape index (κ3) is 4.86. The first-order valence-electron chi connectivity index (χ1n) is 5.01. The van der Waals surface area contributed by atoms with E-state index in [0.29, 0.717) is 11.8 Å². The van der Waals surface area contributed by atoms with Crippen molar-refractivity contribution < 1.29 is 9.90 Å². The van der Waals surface area contributed by atoms with Gasteiger partial charge in [0.25, 0.3) is 0 Å². The summed E-state index contributed by atoms with van der Waals surface area (Å²) >= 11 is 1.70. The van der Waals surface area contributed by atoms with Crippen LogP contribution in [0.2, 0.25) is 0 Å². The van der Waals surface area contributed by atoms with E-state index in [1.165, 1.54) is 0 Å². The molecule has 1 unspecified atom stereocenters. The van der Waals surface area contributed by atoms with Crippen LogP contribution in [-0.2, 0) is 4.79 Å². The molecule has 82 valence electrons. The van der Waals surface area contributed by atoms with Crippen molar-refractivity contribution in [3.63, 3.8) is 0 Å². The van der Waals surface area contributed by atoms with Gasteiger partial charge in [-0.15, -0.1) is 0 Å². The molecule has 3 nitrogen and oxygen atoms in total. The van der Waals surface area contributed by atoms with Crippen molar-refractivity contribution >= 4 is 17.7 Å². The van der Waals surface area contributed by atoms with Gasteiger partial charge < -0.3 is 10.4 Å². The zero-order valence-corrected chi connectivity index (χ0v) is 9.86. The monoisotopic (exact) mass is 217 g/mol. The highest BCUT2D eigenvalue weighted by Gasteiger charge is 2.29. The number of carboxylic acid groups (broad SMARTS) is 1.